The molecule has 1 heterocycles. The molecule has 0 aromatic rings. The van der Waals surface area contributed by atoms with E-state index in [0.717, 1.165) is 0 Å². The summed E-state index contributed by atoms with van der Waals surface area (Å²) in [6.45, 7) is 6.49. The number of hydrogen-bond acceptors (Lipinski definition) is 4. The van der Waals surface area contributed by atoms with E-state index in [0.29, 0.717) is 25.9 Å². The van der Waals surface area contributed by atoms with Gasteiger partial charge in [-0.1, -0.05) is 0 Å². The number of likely N-dealkylation sites (tertiary alicyclic amines) is 1. The molecule has 1 rings (SSSR count). The molecule has 5 nitrogen and oxygen atoms in total. The minimum absolute atomic E-state index is 0. The van der Waals surface area contributed by atoms with E-state index in [1.807, 2.05) is 20.8 Å². The largest absolute Gasteiger partial charge is 0.444 e. The van der Waals surface area contributed by atoms with Crippen LogP contribution in [0.15, 0.2) is 0 Å². The molecular formula is C10H20N2O3. The van der Waals surface area contributed by atoms with E-state index in [4.69, 9.17) is 4.74 Å². The molecule has 1 aliphatic rings. The summed E-state index contributed by atoms with van der Waals surface area (Å²) in [5.74, 6) is 0.227. The molecule has 0 unspecified atom stereocenters. The van der Waals surface area contributed by atoms with Crippen molar-refractivity contribution < 1.29 is 14.3 Å². The lowest BCUT2D eigenvalue weighted by atomic mass is 10.1. The maximum absolute atomic E-state index is 11.5. The number of ether oxygens (including phenoxy) is 1. The third-order valence-corrected chi connectivity index (χ3v) is 1.97. The molecule has 0 bridgehead atoms. The maximum Gasteiger partial charge on any atom is 0.410 e. The quantitative estimate of drug-likeness (QED) is 0.668. The van der Waals surface area contributed by atoms with Crippen molar-refractivity contribution in [3.8, 4) is 0 Å². The maximum atomic E-state index is 11.5. The molecule has 1 fully saturated rings. The molecule has 0 aromatic heterocycles. The predicted octanol–water partition coefficient (Wildman–Crippen LogP) is 1.75. The van der Waals surface area contributed by atoms with Crippen LogP contribution in [0.25, 0.3) is 0 Å². The van der Waals surface area contributed by atoms with Gasteiger partial charge in [0.1, 0.15) is 11.4 Å². The van der Waals surface area contributed by atoms with Crippen LogP contribution in [0, 0.1) is 0 Å². The summed E-state index contributed by atoms with van der Waals surface area (Å²) >= 11 is 0. The highest BCUT2D eigenvalue weighted by molar-refractivity contribution is 5.81. The van der Waals surface area contributed by atoms with Crippen LogP contribution in [0.5, 0.6) is 0 Å². The van der Waals surface area contributed by atoms with Crippen molar-refractivity contribution in [2.75, 3.05) is 13.1 Å². The Morgan fingerprint density at radius 3 is 2.13 bits per heavy atom. The first-order chi connectivity index (χ1) is 6.38. The van der Waals surface area contributed by atoms with Crippen molar-refractivity contribution in [2.45, 2.75) is 39.2 Å². The van der Waals surface area contributed by atoms with Crippen molar-refractivity contribution in [3.05, 3.63) is 0 Å². The van der Waals surface area contributed by atoms with Gasteiger partial charge in [0.25, 0.3) is 0 Å². The molecule has 88 valence electrons. The third-order valence-electron chi connectivity index (χ3n) is 1.97. The first kappa shape index (κ1) is 13.9. The zero-order valence-electron chi connectivity index (χ0n) is 9.71. The van der Waals surface area contributed by atoms with Crippen LogP contribution < -0.4 is 6.15 Å². The minimum Gasteiger partial charge on any atom is -0.444 e. The fourth-order valence-electron chi connectivity index (χ4n) is 1.27. The van der Waals surface area contributed by atoms with Gasteiger partial charge >= 0.3 is 6.09 Å². The fourth-order valence-corrected chi connectivity index (χ4v) is 1.27. The average molecular weight is 216 g/mol. The number of carbonyl (C=O) groups is 2. The molecule has 0 aliphatic carbocycles. The number of rotatable bonds is 0. The van der Waals surface area contributed by atoms with E-state index in [1.165, 1.54) is 0 Å². The van der Waals surface area contributed by atoms with Gasteiger partial charge in [-0.25, -0.2) is 4.79 Å². The lowest BCUT2D eigenvalue weighted by Gasteiger charge is -2.29. The Kier molecular flexibility index (Phi) is 4.74. The highest BCUT2D eigenvalue weighted by Crippen LogP contribution is 2.13. The summed E-state index contributed by atoms with van der Waals surface area (Å²) in [5.41, 5.74) is -0.460. The molecule has 1 amide bonds. The Hall–Kier alpha value is -1.10. The lowest BCUT2D eigenvalue weighted by Crippen LogP contribution is -2.41. The summed E-state index contributed by atoms with van der Waals surface area (Å²) in [7, 11) is 0. The first-order valence-electron chi connectivity index (χ1n) is 4.88. The second kappa shape index (κ2) is 5.11. The normalized spacial score (nSPS) is 17.0. The van der Waals surface area contributed by atoms with Crippen molar-refractivity contribution in [2.24, 2.45) is 0 Å². The monoisotopic (exact) mass is 216 g/mol. The van der Waals surface area contributed by atoms with Gasteiger partial charge in [0.15, 0.2) is 0 Å². The molecule has 1 aliphatic heterocycles. The molecule has 15 heavy (non-hydrogen) atoms. The summed E-state index contributed by atoms with van der Waals surface area (Å²) in [6.07, 6.45) is 0.600. The van der Waals surface area contributed by atoms with Gasteiger partial charge in [-0.3, -0.25) is 4.79 Å². The van der Waals surface area contributed by atoms with E-state index in [2.05, 4.69) is 0 Å². The number of amides is 1. The minimum atomic E-state index is -0.460. The second-order valence-electron chi connectivity index (χ2n) is 4.51. The average Bonchev–Trinajstić information content (AvgIpc) is 2.02. The van der Waals surface area contributed by atoms with Gasteiger partial charge in [0, 0.05) is 25.9 Å². The number of Topliss-reactive ketones (excluding diaryl/α,β-unsaturated/α-hetero) is 1. The molecule has 0 saturated carbocycles. The van der Waals surface area contributed by atoms with Crippen LogP contribution in [-0.4, -0.2) is 35.5 Å². The smallest absolute Gasteiger partial charge is 0.410 e. The standard InChI is InChI=1S/C10H17NO3.H3N/c1-10(2,3)14-9(13)11-6-4-8(12)5-7-11;/h4-7H2,1-3H3;1H3. The van der Waals surface area contributed by atoms with Crippen molar-refractivity contribution in [1.82, 2.24) is 11.1 Å². The number of piperidine rings is 1. The zero-order chi connectivity index (χ0) is 10.8. The highest BCUT2D eigenvalue weighted by atomic mass is 16.6. The molecule has 0 aromatic carbocycles. The van der Waals surface area contributed by atoms with Gasteiger partial charge in [0.05, 0.1) is 0 Å². The summed E-state index contributed by atoms with van der Waals surface area (Å²) in [4.78, 5) is 24.0. The first-order valence-corrected chi connectivity index (χ1v) is 4.88. The van der Waals surface area contributed by atoms with Crippen molar-refractivity contribution in [1.29, 1.82) is 0 Å². The van der Waals surface area contributed by atoms with Gasteiger partial charge in [-0.15, -0.1) is 0 Å². The molecular weight excluding hydrogens is 196 g/mol. The molecule has 0 radical (unpaired) electrons. The number of ketones is 1. The van der Waals surface area contributed by atoms with E-state index in [-0.39, 0.29) is 18.0 Å². The topological polar surface area (TPSA) is 81.6 Å². The fraction of sp³-hybridized carbons (Fsp3) is 0.800. The molecule has 0 atom stereocenters. The SMILES string of the molecule is CC(C)(C)OC(=O)N1CCC(=O)CC1.N. The Morgan fingerprint density at radius 1 is 1.27 bits per heavy atom. The van der Waals surface area contributed by atoms with Crippen LogP contribution in [0.1, 0.15) is 33.6 Å². The van der Waals surface area contributed by atoms with Gasteiger partial charge < -0.3 is 15.8 Å². The Labute approximate surface area is 90.4 Å². The second-order valence-corrected chi connectivity index (χ2v) is 4.51. The highest BCUT2D eigenvalue weighted by Gasteiger charge is 2.25. The van der Waals surface area contributed by atoms with Gasteiger partial charge in [0.2, 0.25) is 0 Å². The number of hydrogen-bond donors (Lipinski definition) is 1. The van der Waals surface area contributed by atoms with Crippen molar-refractivity contribution in [3.63, 3.8) is 0 Å². The Morgan fingerprint density at radius 2 is 1.73 bits per heavy atom. The van der Waals surface area contributed by atoms with Crippen LogP contribution in [0.2, 0.25) is 0 Å². The predicted molar refractivity (Wildman–Crippen MR) is 57.1 cm³/mol. The number of carbonyl (C=O) groups excluding carboxylic acids is 2. The van der Waals surface area contributed by atoms with E-state index in [9.17, 15) is 9.59 Å². The Balaban J connectivity index is 0.00000196. The third kappa shape index (κ3) is 4.78. The van der Waals surface area contributed by atoms with Crippen LogP contribution in [0.4, 0.5) is 4.79 Å². The van der Waals surface area contributed by atoms with Gasteiger partial charge in [-0.2, -0.15) is 0 Å². The van der Waals surface area contributed by atoms with E-state index >= 15 is 0 Å². The van der Waals surface area contributed by atoms with E-state index < -0.39 is 5.60 Å². The molecule has 1 saturated heterocycles. The molecule has 3 N–H and O–H groups in total. The molecule has 5 heteroatoms. The van der Waals surface area contributed by atoms with Gasteiger partial charge in [-0.05, 0) is 20.8 Å². The Bertz CT molecular complexity index is 236. The molecule has 0 spiro atoms. The van der Waals surface area contributed by atoms with Crippen LogP contribution in [-0.2, 0) is 9.53 Å². The van der Waals surface area contributed by atoms with Crippen LogP contribution in [0.3, 0.4) is 0 Å². The number of nitrogens with zero attached hydrogens (tertiary/aromatic N) is 1. The van der Waals surface area contributed by atoms with Crippen LogP contribution >= 0.6 is 0 Å². The van der Waals surface area contributed by atoms with Crippen molar-refractivity contribution >= 4 is 11.9 Å². The summed E-state index contributed by atoms with van der Waals surface area (Å²) < 4.78 is 5.19. The van der Waals surface area contributed by atoms with E-state index in [1.54, 1.807) is 4.90 Å². The lowest BCUT2D eigenvalue weighted by molar-refractivity contribution is -0.121. The zero-order valence-corrected chi connectivity index (χ0v) is 9.71. The summed E-state index contributed by atoms with van der Waals surface area (Å²) in [5, 5.41) is 0. The summed E-state index contributed by atoms with van der Waals surface area (Å²) in [6, 6.07) is 0.